The van der Waals surface area contributed by atoms with Gasteiger partial charge in [0.15, 0.2) is 5.82 Å². The van der Waals surface area contributed by atoms with E-state index in [1.165, 1.54) is 12.8 Å². The molecular weight excluding hydrogens is 494 g/mol. The topological polar surface area (TPSA) is 112 Å². The molecule has 0 radical (unpaired) electrons. The maximum absolute atomic E-state index is 13.5. The highest BCUT2D eigenvalue weighted by molar-refractivity contribution is 6.02. The summed E-state index contributed by atoms with van der Waals surface area (Å²) in [5, 5.41) is 9.74. The van der Waals surface area contributed by atoms with E-state index in [-0.39, 0.29) is 23.3 Å². The second-order valence-corrected chi connectivity index (χ2v) is 11.5. The van der Waals surface area contributed by atoms with Crippen molar-refractivity contribution in [1.82, 2.24) is 20.6 Å². The molecule has 1 atom stereocenters. The van der Waals surface area contributed by atoms with E-state index >= 15 is 0 Å². The largest absolute Gasteiger partial charge is 0.495 e. The van der Waals surface area contributed by atoms with E-state index in [0.29, 0.717) is 35.5 Å². The lowest BCUT2D eigenvalue weighted by Gasteiger charge is -2.44. The van der Waals surface area contributed by atoms with E-state index in [9.17, 15) is 9.59 Å². The Morgan fingerprint density at radius 2 is 1.97 bits per heavy atom. The van der Waals surface area contributed by atoms with E-state index < -0.39 is 0 Å². The van der Waals surface area contributed by atoms with Crippen LogP contribution in [0, 0.1) is 5.41 Å². The van der Waals surface area contributed by atoms with Crippen LogP contribution in [0.2, 0.25) is 0 Å². The van der Waals surface area contributed by atoms with Crippen molar-refractivity contribution >= 4 is 35.0 Å². The van der Waals surface area contributed by atoms with E-state index in [2.05, 4.69) is 25.8 Å². The zero-order chi connectivity index (χ0) is 27.0. The molecule has 0 unspecified atom stereocenters. The van der Waals surface area contributed by atoms with Gasteiger partial charge in [-0.1, -0.05) is 19.3 Å². The van der Waals surface area contributed by atoms with Crippen molar-refractivity contribution < 1.29 is 14.3 Å². The molecule has 39 heavy (non-hydrogen) atoms. The molecule has 2 amide bonds. The van der Waals surface area contributed by atoms with Crippen molar-refractivity contribution in [1.29, 1.82) is 0 Å². The first-order valence-corrected chi connectivity index (χ1v) is 14.4. The number of methoxy groups -OCH3 is 1. The first kappa shape index (κ1) is 25.9. The summed E-state index contributed by atoms with van der Waals surface area (Å²) >= 11 is 0. The third-order valence-corrected chi connectivity index (χ3v) is 9.03. The number of benzene rings is 1. The molecule has 0 bridgehead atoms. The lowest BCUT2D eigenvalue weighted by molar-refractivity contribution is -0.131. The molecule has 4 aliphatic rings. The van der Waals surface area contributed by atoms with E-state index in [4.69, 9.17) is 9.72 Å². The lowest BCUT2D eigenvalue weighted by atomic mass is 9.67. The molecular formula is C29H39N7O3. The predicted molar refractivity (Wildman–Crippen MR) is 151 cm³/mol. The highest BCUT2D eigenvalue weighted by Crippen LogP contribution is 2.49. The number of hydrogen-bond acceptors (Lipinski definition) is 8. The number of hydrogen-bond donors (Lipinski definition) is 3. The maximum atomic E-state index is 13.5. The van der Waals surface area contributed by atoms with Crippen LogP contribution in [0.1, 0.15) is 68.1 Å². The molecule has 1 aromatic carbocycles. The van der Waals surface area contributed by atoms with Gasteiger partial charge in [-0.15, -0.1) is 0 Å². The van der Waals surface area contributed by atoms with Gasteiger partial charge in [-0.2, -0.15) is 4.98 Å². The zero-order valence-corrected chi connectivity index (χ0v) is 23.0. The number of amides is 2. The molecule has 1 spiro atoms. The van der Waals surface area contributed by atoms with Crippen molar-refractivity contribution in [2.24, 2.45) is 5.41 Å². The van der Waals surface area contributed by atoms with E-state index in [0.717, 1.165) is 69.5 Å². The van der Waals surface area contributed by atoms with Crippen molar-refractivity contribution in [3.8, 4) is 5.75 Å². The third-order valence-electron chi connectivity index (χ3n) is 9.03. The number of anilines is 4. The number of piperidine rings is 1. The summed E-state index contributed by atoms with van der Waals surface area (Å²) in [6.45, 7) is 2.50. The Morgan fingerprint density at radius 1 is 1.15 bits per heavy atom. The number of aromatic nitrogens is 2. The fourth-order valence-corrected chi connectivity index (χ4v) is 6.60. The fraction of sp³-hybridized carbons (Fsp3) is 0.586. The number of carbonyl (C=O) groups is 2. The molecule has 2 aliphatic carbocycles. The van der Waals surface area contributed by atoms with Crippen LogP contribution in [0.4, 0.5) is 23.1 Å². The van der Waals surface area contributed by atoms with Gasteiger partial charge in [-0.3, -0.25) is 9.59 Å². The van der Waals surface area contributed by atoms with E-state index in [1.807, 2.05) is 13.1 Å². The van der Waals surface area contributed by atoms with Gasteiger partial charge >= 0.3 is 0 Å². The Hall–Kier alpha value is -3.40. The Kier molecular flexibility index (Phi) is 7.05. The zero-order valence-electron chi connectivity index (χ0n) is 23.0. The quantitative estimate of drug-likeness (QED) is 0.517. The van der Waals surface area contributed by atoms with Gasteiger partial charge in [0.05, 0.1) is 24.4 Å². The standard InChI is InChI=1S/C29H39N7O3/c1-35-23-17-31-28(34-25(23)36(21-8-3-4-9-21)18-29(27(35)38)12-6-13-29)33-22-11-10-19(15-24(22)39-2)26(37)32-20-7-5-14-30-16-20/h10-11,15,17,20-21,30H,3-9,12-14,16,18H2,1-2H3,(H,32,37)(H,31,33,34)/t20-/m1/s1. The first-order chi connectivity index (χ1) is 19.0. The van der Waals surface area contributed by atoms with E-state index in [1.54, 1.807) is 30.3 Å². The second kappa shape index (κ2) is 10.6. The number of nitrogens with zero attached hydrogens (tertiary/aromatic N) is 4. The average Bonchev–Trinajstić information content (AvgIpc) is 3.45. The minimum atomic E-state index is -0.320. The average molecular weight is 534 g/mol. The molecule has 1 aromatic heterocycles. The molecule has 2 saturated carbocycles. The lowest BCUT2D eigenvalue weighted by Crippen LogP contribution is -2.52. The molecule has 208 valence electrons. The Morgan fingerprint density at radius 3 is 2.67 bits per heavy atom. The first-order valence-electron chi connectivity index (χ1n) is 14.4. The smallest absolute Gasteiger partial charge is 0.251 e. The summed E-state index contributed by atoms with van der Waals surface area (Å²) in [5.74, 6) is 1.86. The molecule has 3 fully saturated rings. The summed E-state index contributed by atoms with van der Waals surface area (Å²) in [6.07, 6.45) is 11.4. The molecule has 10 heteroatoms. The molecule has 10 nitrogen and oxygen atoms in total. The molecule has 2 aliphatic heterocycles. The number of ether oxygens (including phenoxy) is 1. The van der Waals surface area contributed by atoms with Crippen LogP contribution in [0.25, 0.3) is 0 Å². The molecule has 6 rings (SSSR count). The third kappa shape index (κ3) is 4.90. The molecule has 3 N–H and O–H groups in total. The maximum Gasteiger partial charge on any atom is 0.251 e. The van der Waals surface area contributed by atoms with Gasteiger partial charge in [0, 0.05) is 37.8 Å². The van der Waals surface area contributed by atoms with Gasteiger partial charge in [0.2, 0.25) is 11.9 Å². The minimum Gasteiger partial charge on any atom is -0.495 e. The van der Waals surface area contributed by atoms with Crippen LogP contribution in [-0.4, -0.2) is 67.7 Å². The number of fused-ring (bicyclic) bond motifs is 1. The Labute approximate surface area is 229 Å². The number of nitrogens with one attached hydrogen (secondary N) is 3. The highest BCUT2D eigenvalue weighted by atomic mass is 16.5. The van der Waals surface area contributed by atoms with Gasteiger partial charge in [-0.25, -0.2) is 4.98 Å². The van der Waals surface area contributed by atoms with Crippen LogP contribution in [0.3, 0.4) is 0 Å². The van der Waals surface area contributed by atoms with Crippen LogP contribution in [-0.2, 0) is 4.79 Å². The van der Waals surface area contributed by atoms with Crippen LogP contribution < -0.4 is 30.5 Å². The normalized spacial score (nSPS) is 22.7. The number of carbonyl (C=O) groups excluding carboxylic acids is 2. The monoisotopic (exact) mass is 533 g/mol. The predicted octanol–water partition coefficient (Wildman–Crippen LogP) is 3.61. The Bertz CT molecular complexity index is 1240. The molecule has 2 aromatic rings. The van der Waals surface area contributed by atoms with Gasteiger partial charge in [0.1, 0.15) is 11.4 Å². The Balaban J connectivity index is 1.27. The van der Waals surface area contributed by atoms with Gasteiger partial charge in [0.25, 0.3) is 5.91 Å². The molecule has 3 heterocycles. The van der Waals surface area contributed by atoms with Crippen LogP contribution >= 0.6 is 0 Å². The molecule has 1 saturated heterocycles. The summed E-state index contributed by atoms with van der Waals surface area (Å²) < 4.78 is 5.64. The van der Waals surface area contributed by atoms with Crippen LogP contribution in [0.5, 0.6) is 5.75 Å². The van der Waals surface area contributed by atoms with Crippen molar-refractivity contribution in [2.45, 2.75) is 69.9 Å². The summed E-state index contributed by atoms with van der Waals surface area (Å²) in [4.78, 5) is 40.1. The second-order valence-electron chi connectivity index (χ2n) is 11.5. The minimum absolute atomic E-state index is 0.111. The SMILES string of the molecule is COc1cc(C(=O)N[C@@H]2CCCNC2)ccc1Nc1ncc2c(n1)N(C1CCCC1)CC1(CCC1)C(=O)N2C. The summed E-state index contributed by atoms with van der Waals surface area (Å²) in [5.41, 5.74) is 1.66. The number of rotatable bonds is 6. The fourth-order valence-electron chi connectivity index (χ4n) is 6.60. The van der Waals surface area contributed by atoms with Crippen LogP contribution in [0.15, 0.2) is 24.4 Å². The summed E-state index contributed by atoms with van der Waals surface area (Å²) in [6, 6.07) is 5.88. The van der Waals surface area contributed by atoms with Gasteiger partial charge in [-0.05, 0) is 63.3 Å². The van der Waals surface area contributed by atoms with Crippen molar-refractivity contribution in [3.05, 3.63) is 30.0 Å². The van der Waals surface area contributed by atoms with Crippen molar-refractivity contribution in [3.63, 3.8) is 0 Å². The summed E-state index contributed by atoms with van der Waals surface area (Å²) in [7, 11) is 3.44. The highest BCUT2D eigenvalue weighted by Gasteiger charge is 2.51. The van der Waals surface area contributed by atoms with Crippen molar-refractivity contribution in [2.75, 3.05) is 48.9 Å². The van der Waals surface area contributed by atoms with Gasteiger partial charge < -0.3 is 30.5 Å².